The van der Waals surface area contributed by atoms with Gasteiger partial charge in [-0.1, -0.05) is 0 Å². The third kappa shape index (κ3) is 3.73. The molecule has 7 heteroatoms. The summed E-state index contributed by atoms with van der Waals surface area (Å²) in [6.45, 7) is 2.84. The van der Waals surface area contributed by atoms with E-state index < -0.39 is 6.04 Å². The molecule has 1 atom stereocenters. The smallest absolute Gasteiger partial charge is 0.254 e. The number of carbonyl (C=O) groups is 2. The zero-order chi connectivity index (χ0) is 16.8. The first kappa shape index (κ1) is 17.1. The number of rotatable bonds is 7. The van der Waals surface area contributed by atoms with Gasteiger partial charge in [0.05, 0.1) is 13.7 Å². The van der Waals surface area contributed by atoms with Gasteiger partial charge in [-0.05, 0) is 31.5 Å². The van der Waals surface area contributed by atoms with Crippen LogP contribution in [-0.4, -0.2) is 61.3 Å². The van der Waals surface area contributed by atoms with Crippen LogP contribution in [0.5, 0.6) is 11.5 Å². The van der Waals surface area contributed by atoms with Crippen LogP contribution in [0, 0.1) is 0 Å². The molecule has 0 saturated carbocycles. The Hall–Kier alpha value is -2.28. The van der Waals surface area contributed by atoms with Gasteiger partial charge >= 0.3 is 0 Å². The molecule has 0 radical (unpaired) electrons. The second-order valence-electron chi connectivity index (χ2n) is 5.12. The van der Waals surface area contributed by atoms with Crippen LogP contribution in [0.2, 0.25) is 0 Å². The van der Waals surface area contributed by atoms with Gasteiger partial charge in [0.1, 0.15) is 12.6 Å². The molecule has 2 N–H and O–H groups in total. The molecule has 2 rings (SSSR count). The van der Waals surface area contributed by atoms with E-state index in [1.807, 2.05) is 6.92 Å². The molecular formula is C16H22N2O5. The molecule has 0 aliphatic carbocycles. The molecule has 126 valence electrons. The summed E-state index contributed by atoms with van der Waals surface area (Å²) in [6.07, 6.45) is 0.614. The van der Waals surface area contributed by atoms with Crippen molar-refractivity contribution in [2.24, 2.45) is 0 Å². The molecule has 1 aromatic rings. The van der Waals surface area contributed by atoms with Crippen LogP contribution in [0.1, 0.15) is 23.7 Å². The van der Waals surface area contributed by atoms with Crippen molar-refractivity contribution in [2.75, 3.05) is 33.4 Å². The van der Waals surface area contributed by atoms with E-state index in [1.54, 1.807) is 23.1 Å². The molecule has 1 aliphatic heterocycles. The summed E-state index contributed by atoms with van der Waals surface area (Å²) in [5.41, 5.74) is 0.417. The van der Waals surface area contributed by atoms with E-state index >= 15 is 0 Å². The fourth-order valence-corrected chi connectivity index (χ4v) is 2.63. The van der Waals surface area contributed by atoms with Crippen molar-refractivity contribution in [3.8, 4) is 11.5 Å². The third-order valence-electron chi connectivity index (χ3n) is 3.76. The number of hydrogen-bond acceptors (Lipinski definition) is 5. The summed E-state index contributed by atoms with van der Waals surface area (Å²) in [6, 6.07) is 4.42. The van der Waals surface area contributed by atoms with Crippen molar-refractivity contribution in [2.45, 2.75) is 19.4 Å². The predicted molar refractivity (Wildman–Crippen MR) is 83.7 cm³/mol. The highest BCUT2D eigenvalue weighted by Crippen LogP contribution is 2.29. The number of methoxy groups -OCH3 is 1. The molecule has 0 spiro atoms. The number of likely N-dealkylation sites (N-methyl/N-ethyl adjacent to an activating group) is 1. The van der Waals surface area contributed by atoms with Gasteiger partial charge in [0.15, 0.2) is 11.5 Å². The van der Waals surface area contributed by atoms with Gasteiger partial charge in [-0.15, -0.1) is 0 Å². The van der Waals surface area contributed by atoms with Gasteiger partial charge in [0, 0.05) is 18.7 Å². The minimum absolute atomic E-state index is 0.108. The predicted octanol–water partition coefficient (Wildman–Crippen LogP) is 0.417. The van der Waals surface area contributed by atoms with Crippen LogP contribution in [0.3, 0.4) is 0 Å². The summed E-state index contributed by atoms with van der Waals surface area (Å²) >= 11 is 0. The van der Waals surface area contributed by atoms with Gasteiger partial charge in [-0.3, -0.25) is 9.59 Å². The molecule has 23 heavy (non-hydrogen) atoms. The molecule has 0 bridgehead atoms. The number of benzene rings is 1. The highest BCUT2D eigenvalue weighted by Gasteiger charge is 2.33. The number of ether oxygens (including phenoxy) is 2. The zero-order valence-corrected chi connectivity index (χ0v) is 13.4. The molecule has 1 aliphatic rings. The minimum atomic E-state index is -0.434. The monoisotopic (exact) mass is 322 g/mol. The molecule has 1 unspecified atom stereocenters. The van der Waals surface area contributed by atoms with E-state index in [1.165, 1.54) is 7.11 Å². The molecule has 0 aromatic heterocycles. The Kier molecular flexibility index (Phi) is 5.81. The Morgan fingerprint density at radius 3 is 2.78 bits per heavy atom. The SMILES string of the molecule is CCN(C(=O)c1ccc(OC)c(OCCO)c1)C1CCNC1=O. The van der Waals surface area contributed by atoms with E-state index in [0.717, 1.165) is 0 Å². The number of hydrogen-bond donors (Lipinski definition) is 2. The van der Waals surface area contributed by atoms with Crippen molar-refractivity contribution < 1.29 is 24.2 Å². The zero-order valence-electron chi connectivity index (χ0n) is 13.4. The van der Waals surface area contributed by atoms with Crippen molar-refractivity contribution in [1.29, 1.82) is 0 Å². The highest BCUT2D eigenvalue weighted by molar-refractivity contribution is 5.98. The minimum Gasteiger partial charge on any atom is -0.493 e. The Morgan fingerprint density at radius 1 is 1.43 bits per heavy atom. The third-order valence-corrected chi connectivity index (χ3v) is 3.76. The maximum absolute atomic E-state index is 12.7. The number of aliphatic hydroxyl groups is 1. The lowest BCUT2D eigenvalue weighted by atomic mass is 10.1. The van der Waals surface area contributed by atoms with E-state index in [0.29, 0.717) is 36.6 Å². The lowest BCUT2D eigenvalue weighted by Gasteiger charge is -2.26. The summed E-state index contributed by atoms with van der Waals surface area (Å²) in [7, 11) is 1.50. The second kappa shape index (κ2) is 7.82. The Bertz CT molecular complexity index is 576. The van der Waals surface area contributed by atoms with Gasteiger partial charge in [0.2, 0.25) is 5.91 Å². The summed E-state index contributed by atoms with van der Waals surface area (Å²) in [5, 5.41) is 11.6. The Morgan fingerprint density at radius 2 is 2.22 bits per heavy atom. The van der Waals surface area contributed by atoms with Crippen molar-refractivity contribution in [1.82, 2.24) is 10.2 Å². The molecule has 1 saturated heterocycles. The lowest BCUT2D eigenvalue weighted by Crippen LogP contribution is -2.44. The fraction of sp³-hybridized carbons (Fsp3) is 0.500. The van der Waals surface area contributed by atoms with E-state index in [-0.39, 0.29) is 25.0 Å². The molecule has 1 aromatic carbocycles. The topological polar surface area (TPSA) is 88.1 Å². The number of carbonyl (C=O) groups excluding carboxylic acids is 2. The van der Waals surface area contributed by atoms with Gasteiger partial charge in [0.25, 0.3) is 5.91 Å². The van der Waals surface area contributed by atoms with Crippen LogP contribution in [-0.2, 0) is 4.79 Å². The summed E-state index contributed by atoms with van der Waals surface area (Å²) < 4.78 is 10.6. The number of nitrogens with one attached hydrogen (secondary N) is 1. The van der Waals surface area contributed by atoms with Crippen molar-refractivity contribution in [3.05, 3.63) is 23.8 Å². The Labute approximate surface area is 135 Å². The van der Waals surface area contributed by atoms with Crippen LogP contribution >= 0.6 is 0 Å². The van der Waals surface area contributed by atoms with E-state index in [9.17, 15) is 9.59 Å². The van der Waals surface area contributed by atoms with Crippen LogP contribution in [0.15, 0.2) is 18.2 Å². The number of aliphatic hydroxyl groups excluding tert-OH is 1. The molecule has 2 amide bonds. The maximum atomic E-state index is 12.7. The fourth-order valence-electron chi connectivity index (χ4n) is 2.63. The lowest BCUT2D eigenvalue weighted by molar-refractivity contribution is -0.123. The quantitative estimate of drug-likeness (QED) is 0.759. The maximum Gasteiger partial charge on any atom is 0.254 e. The van der Waals surface area contributed by atoms with Crippen LogP contribution < -0.4 is 14.8 Å². The first-order valence-electron chi connectivity index (χ1n) is 7.62. The van der Waals surface area contributed by atoms with Gasteiger partial charge in [-0.2, -0.15) is 0 Å². The Balaban J connectivity index is 2.24. The van der Waals surface area contributed by atoms with Gasteiger partial charge < -0.3 is 24.8 Å². The number of amides is 2. The molecule has 7 nitrogen and oxygen atoms in total. The second-order valence-corrected chi connectivity index (χ2v) is 5.12. The average molecular weight is 322 g/mol. The standard InChI is InChI=1S/C16H22N2O5/c1-3-18(12-6-7-17-15(12)20)16(21)11-4-5-13(22-2)14(10-11)23-9-8-19/h4-5,10,12,19H,3,6-9H2,1-2H3,(H,17,20). The van der Waals surface area contributed by atoms with Crippen molar-refractivity contribution in [3.63, 3.8) is 0 Å². The van der Waals surface area contributed by atoms with Crippen molar-refractivity contribution >= 4 is 11.8 Å². The van der Waals surface area contributed by atoms with Crippen LogP contribution in [0.25, 0.3) is 0 Å². The number of nitrogens with zero attached hydrogens (tertiary/aromatic N) is 1. The summed E-state index contributed by atoms with van der Waals surface area (Å²) in [4.78, 5) is 26.1. The van der Waals surface area contributed by atoms with E-state index in [4.69, 9.17) is 14.6 Å². The highest BCUT2D eigenvalue weighted by atomic mass is 16.5. The van der Waals surface area contributed by atoms with E-state index in [2.05, 4.69) is 5.32 Å². The molecule has 1 fully saturated rings. The normalized spacial score (nSPS) is 16.8. The largest absolute Gasteiger partial charge is 0.493 e. The first-order valence-corrected chi connectivity index (χ1v) is 7.62. The molecule has 1 heterocycles. The summed E-state index contributed by atoms with van der Waals surface area (Å²) in [5.74, 6) is 0.521. The first-order chi connectivity index (χ1) is 11.1. The average Bonchev–Trinajstić information content (AvgIpc) is 2.99. The van der Waals surface area contributed by atoms with Crippen LogP contribution in [0.4, 0.5) is 0 Å². The van der Waals surface area contributed by atoms with Gasteiger partial charge in [-0.25, -0.2) is 0 Å². The molecular weight excluding hydrogens is 300 g/mol.